The molecule has 4 nitrogen and oxygen atoms in total. The van der Waals surface area contributed by atoms with Crippen molar-refractivity contribution in [1.82, 2.24) is 0 Å². The van der Waals surface area contributed by atoms with Crippen LogP contribution in [0.3, 0.4) is 0 Å². The molecule has 1 saturated heterocycles. The molecule has 1 aliphatic carbocycles. The number of allylic oxidation sites excluding steroid dienone is 1. The highest BCUT2D eigenvalue weighted by Crippen LogP contribution is 2.41. The number of ether oxygens (including phenoxy) is 2. The third-order valence-corrected chi connectivity index (χ3v) is 4.59. The van der Waals surface area contributed by atoms with Crippen molar-refractivity contribution in [2.24, 2.45) is 11.8 Å². The van der Waals surface area contributed by atoms with Gasteiger partial charge in [-0.2, -0.15) is 0 Å². The smallest absolute Gasteiger partial charge is 0.344 e. The molecular formula is C17H28O4. The molecule has 1 saturated carbocycles. The van der Waals surface area contributed by atoms with Gasteiger partial charge in [0.1, 0.15) is 0 Å². The first kappa shape index (κ1) is 16.3. The van der Waals surface area contributed by atoms with E-state index < -0.39 is 12.1 Å². The van der Waals surface area contributed by atoms with Gasteiger partial charge in [-0.15, -0.1) is 0 Å². The molecule has 0 bridgehead atoms. The lowest BCUT2D eigenvalue weighted by Gasteiger charge is -2.20. The van der Waals surface area contributed by atoms with E-state index in [1.807, 2.05) is 6.92 Å². The summed E-state index contributed by atoms with van der Waals surface area (Å²) in [5.74, 6) is 0.223. The number of hydrogen-bond acceptors (Lipinski definition) is 3. The van der Waals surface area contributed by atoms with Gasteiger partial charge < -0.3 is 14.6 Å². The molecule has 120 valence electrons. The molecule has 21 heavy (non-hydrogen) atoms. The van der Waals surface area contributed by atoms with Crippen molar-refractivity contribution in [3.05, 3.63) is 11.8 Å². The number of epoxide rings is 1. The predicted octanol–water partition coefficient (Wildman–Crippen LogP) is 3.75. The Morgan fingerprint density at radius 2 is 2.10 bits per heavy atom. The maximum Gasteiger partial charge on any atom is 0.344 e. The fourth-order valence-electron chi connectivity index (χ4n) is 3.06. The van der Waals surface area contributed by atoms with Gasteiger partial charge in [0, 0.05) is 0 Å². The van der Waals surface area contributed by atoms with Crippen LogP contribution in [-0.4, -0.2) is 29.4 Å². The van der Waals surface area contributed by atoms with Crippen molar-refractivity contribution >= 4 is 5.97 Å². The molecule has 1 N–H and O–H groups in total. The first-order chi connectivity index (χ1) is 9.97. The molecule has 4 unspecified atom stereocenters. The number of hydrogen-bond donors (Lipinski definition) is 1. The minimum atomic E-state index is -0.864. The third kappa shape index (κ3) is 5.03. The fraction of sp³-hybridized carbons (Fsp3) is 0.824. The van der Waals surface area contributed by atoms with Crippen LogP contribution >= 0.6 is 0 Å². The Morgan fingerprint density at radius 3 is 2.71 bits per heavy atom. The number of carbonyl (C=O) groups is 1. The van der Waals surface area contributed by atoms with Gasteiger partial charge >= 0.3 is 5.97 Å². The summed E-state index contributed by atoms with van der Waals surface area (Å²) in [5, 5.41) is 9.24. The van der Waals surface area contributed by atoms with Gasteiger partial charge in [0.05, 0.1) is 18.5 Å². The molecule has 2 fully saturated rings. The second kappa shape index (κ2) is 7.30. The molecular weight excluding hydrogens is 268 g/mol. The molecule has 0 aromatic carbocycles. The Kier molecular flexibility index (Phi) is 5.68. The predicted molar refractivity (Wildman–Crippen MR) is 81.0 cm³/mol. The van der Waals surface area contributed by atoms with E-state index >= 15 is 0 Å². The zero-order valence-electron chi connectivity index (χ0n) is 13.4. The molecule has 1 aliphatic heterocycles. The number of aliphatic carboxylic acids is 1. The number of rotatable bonds is 8. The topological polar surface area (TPSA) is 59.1 Å². The molecule has 2 aliphatic rings. The molecule has 0 aromatic heterocycles. The van der Waals surface area contributed by atoms with Gasteiger partial charge in [0.2, 0.25) is 0 Å². The summed E-state index contributed by atoms with van der Waals surface area (Å²) in [6, 6.07) is 0. The Morgan fingerprint density at radius 1 is 1.33 bits per heavy atom. The summed E-state index contributed by atoms with van der Waals surface area (Å²) < 4.78 is 11.1. The van der Waals surface area contributed by atoms with Crippen LogP contribution < -0.4 is 0 Å². The largest absolute Gasteiger partial charge is 0.486 e. The van der Waals surface area contributed by atoms with Crippen molar-refractivity contribution in [3.8, 4) is 0 Å². The monoisotopic (exact) mass is 296 g/mol. The number of fused-ring (bicyclic) bond motifs is 1. The van der Waals surface area contributed by atoms with Gasteiger partial charge in [0.25, 0.3) is 0 Å². The van der Waals surface area contributed by atoms with Crippen LogP contribution in [0.5, 0.6) is 0 Å². The quantitative estimate of drug-likeness (QED) is 0.547. The van der Waals surface area contributed by atoms with Crippen LogP contribution in [0.15, 0.2) is 11.8 Å². The van der Waals surface area contributed by atoms with E-state index in [4.69, 9.17) is 9.47 Å². The van der Waals surface area contributed by atoms with Crippen molar-refractivity contribution in [1.29, 1.82) is 0 Å². The van der Waals surface area contributed by atoms with E-state index in [1.54, 1.807) is 6.26 Å². The van der Waals surface area contributed by atoms with Crippen LogP contribution in [0, 0.1) is 11.8 Å². The van der Waals surface area contributed by atoms with Crippen LogP contribution in [0.1, 0.15) is 59.3 Å². The molecule has 1 heterocycles. The molecule has 0 aromatic rings. The fourth-order valence-corrected chi connectivity index (χ4v) is 3.06. The summed E-state index contributed by atoms with van der Waals surface area (Å²) in [4.78, 5) is 11.2. The lowest BCUT2D eigenvalue weighted by Crippen LogP contribution is -2.22. The van der Waals surface area contributed by atoms with E-state index in [1.165, 1.54) is 0 Å². The molecule has 4 atom stereocenters. The summed E-state index contributed by atoms with van der Waals surface area (Å²) in [6.45, 7) is 6.34. The summed E-state index contributed by atoms with van der Waals surface area (Å²) in [5.41, 5.74) is 1.15. The van der Waals surface area contributed by atoms with E-state index in [2.05, 4.69) is 13.8 Å². The Labute approximate surface area is 127 Å². The van der Waals surface area contributed by atoms with E-state index in [9.17, 15) is 9.90 Å². The Bertz CT molecular complexity index is 388. The highest BCUT2D eigenvalue weighted by Gasteiger charge is 2.44. The van der Waals surface area contributed by atoms with E-state index in [-0.39, 0.29) is 0 Å². The summed E-state index contributed by atoms with van der Waals surface area (Å²) in [6.07, 6.45) is 7.72. The lowest BCUT2D eigenvalue weighted by atomic mass is 9.85. The normalized spacial score (nSPS) is 29.9. The van der Waals surface area contributed by atoms with Crippen LogP contribution in [0.2, 0.25) is 0 Å². The first-order valence-electron chi connectivity index (χ1n) is 8.17. The lowest BCUT2D eigenvalue weighted by molar-refractivity contribution is -0.147. The van der Waals surface area contributed by atoms with Gasteiger partial charge in [-0.1, -0.05) is 20.3 Å². The molecule has 4 heteroatoms. The average molecular weight is 296 g/mol. The summed E-state index contributed by atoms with van der Waals surface area (Å²) >= 11 is 0. The molecule has 0 radical (unpaired) electrons. The van der Waals surface area contributed by atoms with Gasteiger partial charge in [0.15, 0.2) is 6.10 Å². The zero-order valence-corrected chi connectivity index (χ0v) is 13.4. The van der Waals surface area contributed by atoms with Crippen molar-refractivity contribution in [3.63, 3.8) is 0 Å². The minimum absolute atomic E-state index is 0.438. The highest BCUT2D eigenvalue weighted by atomic mass is 16.6. The second-order valence-electron chi connectivity index (χ2n) is 6.87. The average Bonchev–Trinajstić information content (AvgIpc) is 3.19. The number of carboxylic acids is 1. The standard InChI is InChI=1S/C17H28O4/c1-11(2)5-4-6-15(17(18)19)20-10-12(3)13-7-8-14-16(9-13)21-14/h10-11,13-16H,4-9H2,1-3H3,(H,18,19). The van der Waals surface area contributed by atoms with Gasteiger partial charge in [-0.25, -0.2) is 4.79 Å². The van der Waals surface area contributed by atoms with E-state index in [0.29, 0.717) is 30.5 Å². The van der Waals surface area contributed by atoms with Crippen LogP contribution in [0.4, 0.5) is 0 Å². The van der Waals surface area contributed by atoms with E-state index in [0.717, 1.165) is 37.7 Å². The Balaban J connectivity index is 1.78. The number of carboxylic acid groups (broad SMARTS) is 1. The van der Waals surface area contributed by atoms with Crippen molar-refractivity contribution in [2.75, 3.05) is 0 Å². The molecule has 2 rings (SSSR count). The SMILES string of the molecule is CC(=COC(CCCC(C)C)C(=O)O)C1CCC2OC2C1. The molecule has 0 spiro atoms. The molecule has 0 amide bonds. The van der Waals surface area contributed by atoms with Gasteiger partial charge in [-0.3, -0.25) is 0 Å². The third-order valence-electron chi connectivity index (χ3n) is 4.59. The zero-order chi connectivity index (χ0) is 15.4. The van der Waals surface area contributed by atoms with Gasteiger partial charge in [-0.05, 0) is 56.4 Å². The van der Waals surface area contributed by atoms with Crippen LogP contribution in [0.25, 0.3) is 0 Å². The summed E-state index contributed by atoms with van der Waals surface area (Å²) in [7, 11) is 0. The highest BCUT2D eigenvalue weighted by molar-refractivity contribution is 5.72. The maximum atomic E-state index is 11.2. The van der Waals surface area contributed by atoms with Crippen molar-refractivity contribution in [2.45, 2.75) is 77.6 Å². The maximum absolute atomic E-state index is 11.2. The second-order valence-corrected chi connectivity index (χ2v) is 6.87. The van der Waals surface area contributed by atoms with Crippen molar-refractivity contribution < 1.29 is 19.4 Å². The Hall–Kier alpha value is -1.03. The van der Waals surface area contributed by atoms with Crippen LogP contribution in [-0.2, 0) is 14.3 Å². The first-order valence-corrected chi connectivity index (χ1v) is 8.17. The minimum Gasteiger partial charge on any atom is -0.486 e.